The Morgan fingerprint density at radius 1 is 1.32 bits per heavy atom. The second-order valence-electron chi connectivity index (χ2n) is 6.73. The molecule has 4 heteroatoms. The van der Waals surface area contributed by atoms with Crippen molar-refractivity contribution in [3.05, 3.63) is 0 Å². The van der Waals surface area contributed by atoms with E-state index in [4.69, 9.17) is 4.74 Å². The molecule has 0 aliphatic heterocycles. The molecule has 0 amide bonds. The fourth-order valence-corrected chi connectivity index (χ4v) is 3.05. The van der Waals surface area contributed by atoms with Gasteiger partial charge in [-0.15, -0.1) is 0 Å². The molecule has 1 saturated carbocycles. The number of carbonyl (C=O) groups excluding carboxylic acids is 1. The molecule has 1 unspecified atom stereocenters. The predicted octanol–water partition coefficient (Wildman–Crippen LogP) is 2.04. The van der Waals surface area contributed by atoms with Gasteiger partial charge in [-0.05, 0) is 45.7 Å². The zero-order chi connectivity index (χ0) is 14.5. The summed E-state index contributed by atoms with van der Waals surface area (Å²) < 4.78 is 5.32. The van der Waals surface area contributed by atoms with Crippen LogP contribution in [0.3, 0.4) is 0 Å². The number of nitrogens with one attached hydrogen (secondary N) is 1. The maximum atomic E-state index is 12.4. The van der Waals surface area contributed by atoms with Crippen molar-refractivity contribution in [2.75, 3.05) is 33.8 Å². The van der Waals surface area contributed by atoms with Crippen LogP contribution in [-0.4, -0.2) is 50.2 Å². The molecule has 19 heavy (non-hydrogen) atoms. The van der Waals surface area contributed by atoms with Crippen molar-refractivity contribution in [1.82, 2.24) is 10.2 Å². The summed E-state index contributed by atoms with van der Waals surface area (Å²) in [6, 6.07) is 0. The molecular formula is C15H30N2O2. The van der Waals surface area contributed by atoms with E-state index in [1.807, 2.05) is 21.0 Å². The molecule has 1 rings (SSSR count). The number of likely N-dealkylation sites (N-methyl/N-ethyl adjacent to an activating group) is 1. The van der Waals surface area contributed by atoms with Crippen LogP contribution in [0.25, 0.3) is 0 Å². The van der Waals surface area contributed by atoms with Crippen LogP contribution in [0.4, 0.5) is 0 Å². The van der Waals surface area contributed by atoms with Crippen molar-refractivity contribution in [1.29, 1.82) is 0 Å². The molecule has 1 aliphatic carbocycles. The van der Waals surface area contributed by atoms with Crippen molar-refractivity contribution in [3.63, 3.8) is 0 Å². The Hall–Kier alpha value is -0.610. The average molecular weight is 270 g/mol. The lowest BCUT2D eigenvalue weighted by molar-refractivity contribution is -0.154. The van der Waals surface area contributed by atoms with Crippen LogP contribution < -0.4 is 5.32 Å². The minimum absolute atomic E-state index is 0.0680. The molecule has 1 aliphatic rings. The molecule has 112 valence electrons. The van der Waals surface area contributed by atoms with Gasteiger partial charge in [-0.2, -0.15) is 0 Å². The van der Waals surface area contributed by atoms with E-state index in [1.165, 1.54) is 6.42 Å². The maximum Gasteiger partial charge on any atom is 0.326 e. The van der Waals surface area contributed by atoms with Gasteiger partial charge in [0.05, 0.1) is 6.61 Å². The van der Waals surface area contributed by atoms with Crippen molar-refractivity contribution in [2.24, 2.45) is 5.41 Å². The van der Waals surface area contributed by atoms with Gasteiger partial charge in [-0.3, -0.25) is 4.79 Å². The fraction of sp³-hybridized carbons (Fsp3) is 0.933. The van der Waals surface area contributed by atoms with Gasteiger partial charge in [-0.1, -0.05) is 20.3 Å². The first-order valence-electron chi connectivity index (χ1n) is 7.38. The summed E-state index contributed by atoms with van der Waals surface area (Å²) in [4.78, 5) is 14.5. The fourth-order valence-electron chi connectivity index (χ4n) is 3.05. The number of hydrogen-bond donors (Lipinski definition) is 1. The largest absolute Gasteiger partial charge is 0.465 e. The second-order valence-corrected chi connectivity index (χ2v) is 6.73. The van der Waals surface area contributed by atoms with Crippen LogP contribution in [0.5, 0.6) is 0 Å². The molecule has 1 N–H and O–H groups in total. The molecule has 4 nitrogen and oxygen atoms in total. The van der Waals surface area contributed by atoms with E-state index in [1.54, 1.807) is 0 Å². The highest BCUT2D eigenvalue weighted by Gasteiger charge is 2.46. The second kappa shape index (κ2) is 6.71. The normalized spacial score (nSPS) is 26.4. The molecule has 0 radical (unpaired) electrons. The van der Waals surface area contributed by atoms with Crippen molar-refractivity contribution in [2.45, 2.75) is 52.0 Å². The molecule has 0 aromatic rings. The van der Waals surface area contributed by atoms with Gasteiger partial charge in [0.15, 0.2) is 0 Å². The van der Waals surface area contributed by atoms with Gasteiger partial charge < -0.3 is 15.0 Å². The first-order valence-corrected chi connectivity index (χ1v) is 7.38. The Balaban J connectivity index is 2.75. The SMILES string of the molecule is CCOC(=O)C1(NCCN(C)C)CCCC(C)(C)C1. The summed E-state index contributed by atoms with van der Waals surface area (Å²) in [6.45, 7) is 8.57. The summed E-state index contributed by atoms with van der Waals surface area (Å²) in [5.74, 6) is -0.0680. The topological polar surface area (TPSA) is 41.6 Å². The maximum absolute atomic E-state index is 12.4. The number of carbonyl (C=O) groups is 1. The summed E-state index contributed by atoms with van der Waals surface area (Å²) in [5.41, 5.74) is -0.274. The summed E-state index contributed by atoms with van der Waals surface area (Å²) in [7, 11) is 4.09. The van der Waals surface area contributed by atoms with Crippen LogP contribution in [0.1, 0.15) is 46.5 Å². The van der Waals surface area contributed by atoms with Gasteiger partial charge in [0.1, 0.15) is 5.54 Å². The third-order valence-electron chi connectivity index (χ3n) is 3.93. The third kappa shape index (κ3) is 4.77. The first-order chi connectivity index (χ1) is 8.81. The zero-order valence-electron chi connectivity index (χ0n) is 13.2. The Morgan fingerprint density at radius 2 is 2.00 bits per heavy atom. The van der Waals surface area contributed by atoms with Gasteiger partial charge in [0.25, 0.3) is 0 Å². The van der Waals surface area contributed by atoms with E-state index < -0.39 is 5.54 Å². The van der Waals surface area contributed by atoms with E-state index in [0.29, 0.717) is 6.61 Å². The summed E-state index contributed by atoms with van der Waals surface area (Å²) in [6.07, 6.45) is 4.03. The van der Waals surface area contributed by atoms with Crippen molar-refractivity contribution in [3.8, 4) is 0 Å². The minimum Gasteiger partial charge on any atom is -0.465 e. The van der Waals surface area contributed by atoms with E-state index in [-0.39, 0.29) is 11.4 Å². The summed E-state index contributed by atoms with van der Waals surface area (Å²) in [5, 5.41) is 3.49. The average Bonchev–Trinajstić information content (AvgIpc) is 2.27. The van der Waals surface area contributed by atoms with Crippen LogP contribution in [0.15, 0.2) is 0 Å². The highest BCUT2D eigenvalue weighted by Crippen LogP contribution is 2.41. The number of rotatable bonds is 6. The third-order valence-corrected chi connectivity index (χ3v) is 3.93. The number of esters is 1. The van der Waals surface area contributed by atoms with E-state index in [2.05, 4.69) is 24.1 Å². The molecule has 0 aromatic carbocycles. The zero-order valence-corrected chi connectivity index (χ0v) is 13.2. The highest BCUT2D eigenvalue weighted by molar-refractivity contribution is 5.81. The summed E-state index contributed by atoms with van der Waals surface area (Å²) >= 11 is 0. The minimum atomic E-state index is -0.478. The van der Waals surface area contributed by atoms with Gasteiger partial charge in [-0.25, -0.2) is 0 Å². The van der Waals surface area contributed by atoms with Crippen LogP contribution >= 0.6 is 0 Å². The van der Waals surface area contributed by atoms with Crippen LogP contribution in [0.2, 0.25) is 0 Å². The molecule has 0 heterocycles. The van der Waals surface area contributed by atoms with Gasteiger partial charge >= 0.3 is 5.97 Å². The quantitative estimate of drug-likeness (QED) is 0.750. The smallest absolute Gasteiger partial charge is 0.326 e. The highest BCUT2D eigenvalue weighted by atomic mass is 16.5. The van der Waals surface area contributed by atoms with Gasteiger partial charge in [0.2, 0.25) is 0 Å². The van der Waals surface area contributed by atoms with E-state index in [0.717, 1.165) is 32.4 Å². The molecular weight excluding hydrogens is 240 g/mol. The number of nitrogens with zero attached hydrogens (tertiary/aromatic N) is 1. The Morgan fingerprint density at radius 3 is 2.53 bits per heavy atom. The molecule has 0 saturated heterocycles. The van der Waals surface area contributed by atoms with Crippen molar-refractivity contribution < 1.29 is 9.53 Å². The Kier molecular flexibility index (Phi) is 5.81. The Labute approximate surface area is 117 Å². The Bertz CT molecular complexity index is 303. The van der Waals surface area contributed by atoms with Crippen LogP contribution in [0, 0.1) is 5.41 Å². The molecule has 0 aromatic heterocycles. The van der Waals surface area contributed by atoms with E-state index >= 15 is 0 Å². The molecule has 1 fully saturated rings. The van der Waals surface area contributed by atoms with Gasteiger partial charge in [0, 0.05) is 13.1 Å². The number of hydrogen-bond acceptors (Lipinski definition) is 4. The predicted molar refractivity (Wildman–Crippen MR) is 78.2 cm³/mol. The standard InChI is InChI=1S/C15H30N2O2/c1-6-19-13(18)15(16-10-11-17(4)5)9-7-8-14(2,3)12-15/h16H,6-12H2,1-5H3. The molecule has 1 atom stereocenters. The number of ether oxygens (including phenoxy) is 1. The molecule has 0 bridgehead atoms. The van der Waals surface area contributed by atoms with Crippen LogP contribution in [-0.2, 0) is 9.53 Å². The lowest BCUT2D eigenvalue weighted by atomic mass is 9.68. The first kappa shape index (κ1) is 16.4. The van der Waals surface area contributed by atoms with Crippen molar-refractivity contribution >= 4 is 5.97 Å². The van der Waals surface area contributed by atoms with E-state index in [9.17, 15) is 4.79 Å². The molecule has 0 spiro atoms. The monoisotopic (exact) mass is 270 g/mol. The lowest BCUT2D eigenvalue weighted by Crippen LogP contribution is -2.58. The lowest BCUT2D eigenvalue weighted by Gasteiger charge is -2.43.